The first-order valence-electron chi connectivity index (χ1n) is 13.7. The van der Waals surface area contributed by atoms with Crippen molar-refractivity contribution >= 4 is 22.8 Å². The van der Waals surface area contributed by atoms with Gasteiger partial charge in [0, 0.05) is 12.1 Å². The van der Waals surface area contributed by atoms with E-state index in [4.69, 9.17) is 23.7 Å². The molecule has 226 valence electrons. The van der Waals surface area contributed by atoms with Crippen LogP contribution in [0, 0.1) is 0 Å². The quantitative estimate of drug-likeness (QED) is 0.293. The Kier molecular flexibility index (Phi) is 8.29. The predicted molar refractivity (Wildman–Crippen MR) is 157 cm³/mol. The maximum Gasteiger partial charge on any atom is 0.247 e. The van der Waals surface area contributed by atoms with E-state index in [1.807, 2.05) is 51.1 Å². The standard InChI is InChI=1S/C31H35N5O7/c1-31(2,3)32-30(38)28(20-14-25(39-4)29(41-6)26(15-20)40-5)35(16-19-11-12-23-24(13-19)43-18-42-23)27(37)17-36-22-10-8-7-9-21(22)33-34-36/h7-15,28H,16-18H2,1-6H3,(H,32,38). The van der Waals surface area contributed by atoms with Crippen molar-refractivity contribution in [1.82, 2.24) is 25.2 Å². The van der Waals surface area contributed by atoms with Crippen molar-refractivity contribution in [1.29, 1.82) is 0 Å². The lowest BCUT2D eigenvalue weighted by Crippen LogP contribution is -2.49. The van der Waals surface area contributed by atoms with Crippen LogP contribution in [0.4, 0.5) is 0 Å². The molecule has 0 spiro atoms. The summed E-state index contributed by atoms with van der Waals surface area (Å²) in [5.41, 5.74) is 1.97. The number of fused-ring (bicyclic) bond motifs is 2. The number of ether oxygens (including phenoxy) is 5. The molecule has 1 N–H and O–H groups in total. The summed E-state index contributed by atoms with van der Waals surface area (Å²) in [7, 11) is 4.50. The van der Waals surface area contributed by atoms with Crippen LogP contribution in [-0.2, 0) is 22.7 Å². The zero-order valence-electron chi connectivity index (χ0n) is 25.0. The van der Waals surface area contributed by atoms with Gasteiger partial charge in [-0.15, -0.1) is 5.10 Å². The first kappa shape index (κ1) is 29.5. The van der Waals surface area contributed by atoms with Crippen molar-refractivity contribution in [2.75, 3.05) is 28.1 Å². The third-order valence-electron chi connectivity index (χ3n) is 6.88. The highest BCUT2D eigenvalue weighted by molar-refractivity contribution is 5.90. The van der Waals surface area contributed by atoms with E-state index in [1.165, 1.54) is 30.9 Å². The molecule has 2 amide bonds. The van der Waals surface area contributed by atoms with E-state index >= 15 is 0 Å². The molecule has 0 saturated carbocycles. The van der Waals surface area contributed by atoms with Gasteiger partial charge >= 0.3 is 0 Å². The molecular weight excluding hydrogens is 554 g/mol. The molecule has 2 heterocycles. The number of nitrogens with one attached hydrogen (secondary N) is 1. The summed E-state index contributed by atoms with van der Waals surface area (Å²) in [6, 6.07) is 15.1. The van der Waals surface area contributed by atoms with Gasteiger partial charge in [0.05, 0.1) is 26.8 Å². The predicted octanol–water partition coefficient (Wildman–Crippen LogP) is 3.87. The van der Waals surface area contributed by atoms with E-state index in [0.717, 1.165) is 5.56 Å². The van der Waals surface area contributed by atoms with E-state index in [2.05, 4.69) is 15.6 Å². The third kappa shape index (κ3) is 6.27. The fraction of sp³-hybridized carbons (Fsp3) is 0.355. The van der Waals surface area contributed by atoms with Gasteiger partial charge in [-0.2, -0.15) is 0 Å². The number of aromatic nitrogens is 3. The molecule has 12 heteroatoms. The number of rotatable bonds is 10. The molecule has 0 saturated heterocycles. The number of carbonyl (C=O) groups excluding carboxylic acids is 2. The molecule has 5 rings (SSSR count). The number of methoxy groups -OCH3 is 3. The van der Waals surface area contributed by atoms with Crippen molar-refractivity contribution in [3.8, 4) is 28.7 Å². The molecule has 0 fully saturated rings. The number of benzene rings is 3. The minimum atomic E-state index is -1.10. The highest BCUT2D eigenvalue weighted by Gasteiger charge is 2.35. The summed E-state index contributed by atoms with van der Waals surface area (Å²) in [4.78, 5) is 30.0. The van der Waals surface area contributed by atoms with E-state index in [0.29, 0.717) is 45.3 Å². The molecule has 1 aliphatic heterocycles. The molecule has 0 aliphatic carbocycles. The normalized spacial score (nSPS) is 13.0. The Bertz CT molecular complexity index is 1620. The zero-order valence-corrected chi connectivity index (χ0v) is 25.0. The van der Waals surface area contributed by atoms with Crippen molar-refractivity contribution < 1.29 is 33.3 Å². The summed E-state index contributed by atoms with van der Waals surface area (Å²) in [6.45, 7) is 5.66. The van der Waals surface area contributed by atoms with Crippen LogP contribution < -0.4 is 29.0 Å². The van der Waals surface area contributed by atoms with E-state index < -0.39 is 11.6 Å². The first-order chi connectivity index (χ1) is 20.6. The number of para-hydroxylation sites is 1. The highest BCUT2D eigenvalue weighted by atomic mass is 16.7. The van der Waals surface area contributed by atoms with Crippen LogP contribution in [-0.4, -0.2) is 65.4 Å². The molecular formula is C31H35N5O7. The van der Waals surface area contributed by atoms with Crippen molar-refractivity contribution in [2.45, 2.75) is 45.4 Å². The van der Waals surface area contributed by atoms with E-state index in [9.17, 15) is 9.59 Å². The van der Waals surface area contributed by atoms with Crippen LogP contribution >= 0.6 is 0 Å². The topological polar surface area (TPSA) is 126 Å². The lowest BCUT2D eigenvalue weighted by Gasteiger charge is -2.34. The van der Waals surface area contributed by atoms with Gasteiger partial charge in [-0.3, -0.25) is 9.59 Å². The summed E-state index contributed by atoms with van der Waals surface area (Å²) in [5.74, 6) is 1.49. The average molecular weight is 590 g/mol. The molecule has 1 unspecified atom stereocenters. The molecule has 43 heavy (non-hydrogen) atoms. The molecule has 1 atom stereocenters. The Balaban J connectivity index is 1.63. The fourth-order valence-electron chi connectivity index (χ4n) is 4.98. The van der Waals surface area contributed by atoms with Crippen LogP contribution in [0.1, 0.15) is 37.9 Å². The lowest BCUT2D eigenvalue weighted by molar-refractivity contribution is -0.142. The number of nitrogens with zero attached hydrogens (tertiary/aromatic N) is 4. The third-order valence-corrected chi connectivity index (χ3v) is 6.88. The number of hydrogen-bond donors (Lipinski definition) is 1. The molecule has 0 bridgehead atoms. The average Bonchev–Trinajstić information content (AvgIpc) is 3.62. The smallest absolute Gasteiger partial charge is 0.247 e. The summed E-state index contributed by atoms with van der Waals surface area (Å²) in [5, 5.41) is 11.4. The van der Waals surface area contributed by atoms with Crippen LogP contribution in [0.25, 0.3) is 11.0 Å². The van der Waals surface area contributed by atoms with Crippen molar-refractivity contribution in [2.24, 2.45) is 0 Å². The monoisotopic (exact) mass is 589 g/mol. The molecule has 1 aliphatic rings. The van der Waals surface area contributed by atoms with Gasteiger partial charge in [-0.1, -0.05) is 23.4 Å². The summed E-state index contributed by atoms with van der Waals surface area (Å²) in [6.07, 6.45) is 0. The number of amides is 2. The van der Waals surface area contributed by atoms with Crippen LogP contribution in [0.5, 0.6) is 28.7 Å². The van der Waals surface area contributed by atoms with Gasteiger partial charge < -0.3 is 33.9 Å². The van der Waals surface area contributed by atoms with Gasteiger partial charge in [0.15, 0.2) is 23.0 Å². The second-order valence-electron chi connectivity index (χ2n) is 11.0. The molecule has 12 nitrogen and oxygen atoms in total. The van der Waals surface area contributed by atoms with Crippen LogP contribution in [0.3, 0.4) is 0 Å². The molecule has 0 radical (unpaired) electrons. The highest BCUT2D eigenvalue weighted by Crippen LogP contribution is 2.41. The van der Waals surface area contributed by atoms with Crippen molar-refractivity contribution in [3.63, 3.8) is 0 Å². The Hall–Kier alpha value is -5.00. The summed E-state index contributed by atoms with van der Waals surface area (Å²) < 4.78 is 29.3. The SMILES string of the molecule is COc1cc(C(C(=O)NC(C)(C)C)N(Cc2ccc3c(c2)OCO3)C(=O)Cn2nnc3ccccc32)cc(OC)c1OC. The van der Waals surface area contributed by atoms with Gasteiger partial charge in [0.2, 0.25) is 24.4 Å². The maximum atomic E-state index is 14.3. The van der Waals surface area contributed by atoms with E-state index in [-0.39, 0.29) is 31.7 Å². The molecule has 4 aromatic rings. The minimum absolute atomic E-state index is 0.0704. The molecule has 1 aromatic heterocycles. The van der Waals surface area contributed by atoms with Gasteiger partial charge in [0.25, 0.3) is 0 Å². The van der Waals surface area contributed by atoms with E-state index in [1.54, 1.807) is 24.3 Å². The second-order valence-corrected chi connectivity index (χ2v) is 11.0. The van der Waals surface area contributed by atoms with Gasteiger partial charge in [-0.05, 0) is 68.3 Å². The van der Waals surface area contributed by atoms with Gasteiger partial charge in [0.1, 0.15) is 18.1 Å². The van der Waals surface area contributed by atoms with Crippen LogP contribution in [0.15, 0.2) is 54.6 Å². The van der Waals surface area contributed by atoms with Gasteiger partial charge in [-0.25, -0.2) is 4.68 Å². The first-order valence-corrected chi connectivity index (χ1v) is 13.7. The summed E-state index contributed by atoms with van der Waals surface area (Å²) >= 11 is 0. The Morgan fingerprint density at radius 2 is 1.67 bits per heavy atom. The fourth-order valence-corrected chi connectivity index (χ4v) is 4.98. The van der Waals surface area contributed by atoms with Crippen LogP contribution in [0.2, 0.25) is 0 Å². The number of hydrogen-bond acceptors (Lipinski definition) is 9. The second kappa shape index (κ2) is 12.1. The Morgan fingerprint density at radius 1 is 0.977 bits per heavy atom. The Labute approximate surface area is 249 Å². The largest absolute Gasteiger partial charge is 0.493 e. The number of carbonyl (C=O) groups is 2. The molecule has 3 aromatic carbocycles. The van der Waals surface area contributed by atoms with Crippen molar-refractivity contribution in [3.05, 3.63) is 65.7 Å². The Morgan fingerprint density at radius 3 is 2.35 bits per heavy atom. The maximum absolute atomic E-state index is 14.3. The lowest BCUT2D eigenvalue weighted by atomic mass is 9.99. The zero-order chi connectivity index (χ0) is 30.7. The minimum Gasteiger partial charge on any atom is -0.493 e.